The molecule has 1 aliphatic heterocycles. The van der Waals surface area contributed by atoms with E-state index < -0.39 is 0 Å². The first-order valence-electron chi connectivity index (χ1n) is 5.84. The minimum absolute atomic E-state index is 0.0132. The van der Waals surface area contributed by atoms with Crippen molar-refractivity contribution < 1.29 is 9.84 Å². The van der Waals surface area contributed by atoms with Crippen molar-refractivity contribution in [1.82, 2.24) is 9.97 Å². The summed E-state index contributed by atoms with van der Waals surface area (Å²) < 4.78 is 5.65. The van der Waals surface area contributed by atoms with Crippen molar-refractivity contribution >= 4 is 5.95 Å². The lowest BCUT2D eigenvalue weighted by Crippen LogP contribution is -2.49. The van der Waals surface area contributed by atoms with Gasteiger partial charge in [-0.25, -0.2) is 9.97 Å². The van der Waals surface area contributed by atoms with Crippen LogP contribution in [0.1, 0.15) is 25.1 Å². The number of aryl methyl sites for hydroxylation is 1. The molecule has 94 valence electrons. The zero-order valence-corrected chi connectivity index (χ0v) is 10.6. The highest BCUT2D eigenvalue weighted by atomic mass is 16.5. The molecule has 0 atom stereocenters. The summed E-state index contributed by atoms with van der Waals surface area (Å²) in [6.07, 6.45) is 1.69. The molecule has 0 radical (unpaired) electrons. The maximum absolute atomic E-state index is 9.09. The van der Waals surface area contributed by atoms with Crippen molar-refractivity contribution in [2.75, 3.05) is 24.6 Å². The topological polar surface area (TPSA) is 58.5 Å². The number of hydrogen-bond acceptors (Lipinski definition) is 5. The number of ether oxygens (including phenoxy) is 1. The Morgan fingerprint density at radius 2 is 2.29 bits per heavy atom. The number of nitrogens with zero attached hydrogens (tertiary/aromatic N) is 3. The third kappa shape index (κ3) is 2.73. The first-order chi connectivity index (χ1) is 8.02. The summed E-state index contributed by atoms with van der Waals surface area (Å²) in [5.41, 5.74) is 1.45. The Hall–Kier alpha value is -1.20. The summed E-state index contributed by atoms with van der Waals surface area (Å²) in [4.78, 5) is 10.9. The lowest BCUT2D eigenvalue weighted by Gasteiger charge is -2.38. The fraction of sp³-hybridized carbons (Fsp3) is 0.667. The molecule has 0 bridgehead atoms. The van der Waals surface area contributed by atoms with Gasteiger partial charge >= 0.3 is 0 Å². The summed E-state index contributed by atoms with van der Waals surface area (Å²) in [5.74, 6) is 0.719. The van der Waals surface area contributed by atoms with Crippen LogP contribution in [0.15, 0.2) is 6.20 Å². The molecule has 0 amide bonds. The van der Waals surface area contributed by atoms with E-state index in [0.29, 0.717) is 6.61 Å². The van der Waals surface area contributed by atoms with E-state index in [1.165, 1.54) is 0 Å². The van der Waals surface area contributed by atoms with Gasteiger partial charge in [-0.2, -0.15) is 0 Å². The molecule has 0 aromatic carbocycles. The van der Waals surface area contributed by atoms with Gasteiger partial charge in [-0.3, -0.25) is 0 Å². The van der Waals surface area contributed by atoms with Gasteiger partial charge in [0, 0.05) is 30.5 Å². The van der Waals surface area contributed by atoms with Gasteiger partial charge in [-0.05, 0) is 20.8 Å². The zero-order chi connectivity index (χ0) is 12.5. The van der Waals surface area contributed by atoms with E-state index in [9.17, 15) is 0 Å². The summed E-state index contributed by atoms with van der Waals surface area (Å²) >= 11 is 0. The first-order valence-corrected chi connectivity index (χ1v) is 5.84. The molecule has 5 nitrogen and oxygen atoms in total. The van der Waals surface area contributed by atoms with Gasteiger partial charge in [0.15, 0.2) is 0 Å². The molecule has 1 fully saturated rings. The minimum Gasteiger partial charge on any atom is -0.392 e. The van der Waals surface area contributed by atoms with Crippen molar-refractivity contribution in [1.29, 1.82) is 0 Å². The average Bonchev–Trinajstić information content (AvgIpc) is 2.27. The largest absolute Gasteiger partial charge is 0.392 e. The van der Waals surface area contributed by atoms with Gasteiger partial charge in [0.25, 0.3) is 0 Å². The number of aromatic nitrogens is 2. The molecule has 1 aromatic heterocycles. The first kappa shape index (κ1) is 12.3. The molecule has 1 saturated heterocycles. The Labute approximate surface area is 101 Å². The van der Waals surface area contributed by atoms with E-state index in [1.54, 1.807) is 6.20 Å². The molecule has 17 heavy (non-hydrogen) atoms. The van der Waals surface area contributed by atoms with Crippen molar-refractivity contribution in [2.45, 2.75) is 33.0 Å². The van der Waals surface area contributed by atoms with Crippen LogP contribution < -0.4 is 4.90 Å². The van der Waals surface area contributed by atoms with Crippen molar-refractivity contribution in [2.24, 2.45) is 0 Å². The predicted octanol–water partition coefficient (Wildman–Crippen LogP) is 0.893. The summed E-state index contributed by atoms with van der Waals surface area (Å²) in [6.45, 7) is 8.29. The van der Waals surface area contributed by atoms with Crippen LogP contribution in [-0.4, -0.2) is 40.4 Å². The minimum atomic E-state index is -0.162. The second kappa shape index (κ2) is 4.58. The predicted molar refractivity (Wildman–Crippen MR) is 64.9 cm³/mol. The van der Waals surface area contributed by atoms with Gasteiger partial charge in [-0.1, -0.05) is 0 Å². The SMILES string of the molecule is Cc1nc(N2CCOC(C)(C)C2)ncc1CO. The van der Waals surface area contributed by atoms with Crippen LogP contribution in [0.4, 0.5) is 5.95 Å². The molecule has 0 aliphatic carbocycles. The molecule has 0 unspecified atom stereocenters. The van der Waals surface area contributed by atoms with Crippen LogP contribution in [0, 0.1) is 6.92 Å². The lowest BCUT2D eigenvalue weighted by molar-refractivity contribution is -0.0281. The number of aliphatic hydroxyl groups excluding tert-OH is 1. The highest BCUT2D eigenvalue weighted by molar-refractivity contribution is 5.34. The highest BCUT2D eigenvalue weighted by Gasteiger charge is 2.28. The van der Waals surface area contributed by atoms with Gasteiger partial charge in [0.1, 0.15) is 0 Å². The van der Waals surface area contributed by atoms with Crippen LogP contribution in [-0.2, 0) is 11.3 Å². The summed E-state index contributed by atoms with van der Waals surface area (Å²) in [5, 5.41) is 9.09. The third-order valence-electron chi connectivity index (χ3n) is 2.95. The Kier molecular flexibility index (Phi) is 3.31. The molecule has 0 saturated carbocycles. The Morgan fingerprint density at radius 1 is 1.53 bits per heavy atom. The molecular formula is C12H19N3O2. The maximum atomic E-state index is 9.09. The van der Waals surface area contributed by atoms with E-state index in [1.807, 2.05) is 6.92 Å². The molecular weight excluding hydrogens is 218 g/mol. The van der Waals surface area contributed by atoms with Crippen LogP contribution in [0.5, 0.6) is 0 Å². The number of aliphatic hydroxyl groups is 1. The van der Waals surface area contributed by atoms with E-state index >= 15 is 0 Å². The quantitative estimate of drug-likeness (QED) is 0.828. The highest BCUT2D eigenvalue weighted by Crippen LogP contribution is 2.20. The van der Waals surface area contributed by atoms with E-state index in [0.717, 1.165) is 30.3 Å². The molecule has 0 spiro atoms. The molecule has 1 aliphatic rings. The lowest BCUT2D eigenvalue weighted by atomic mass is 10.1. The molecule has 1 N–H and O–H groups in total. The monoisotopic (exact) mass is 237 g/mol. The number of rotatable bonds is 2. The number of morpholine rings is 1. The van der Waals surface area contributed by atoms with E-state index in [-0.39, 0.29) is 12.2 Å². The number of anilines is 1. The zero-order valence-electron chi connectivity index (χ0n) is 10.6. The van der Waals surface area contributed by atoms with Crippen LogP contribution in [0.2, 0.25) is 0 Å². The van der Waals surface area contributed by atoms with Crippen LogP contribution in [0.25, 0.3) is 0 Å². The van der Waals surface area contributed by atoms with Gasteiger partial charge in [-0.15, -0.1) is 0 Å². The fourth-order valence-electron chi connectivity index (χ4n) is 1.97. The van der Waals surface area contributed by atoms with E-state index in [2.05, 4.69) is 28.7 Å². The molecule has 2 rings (SSSR count). The molecule has 1 aromatic rings. The van der Waals surface area contributed by atoms with Crippen LogP contribution in [0.3, 0.4) is 0 Å². The Morgan fingerprint density at radius 3 is 2.88 bits per heavy atom. The van der Waals surface area contributed by atoms with Crippen LogP contribution >= 0.6 is 0 Å². The van der Waals surface area contributed by atoms with Gasteiger partial charge in [0.2, 0.25) is 5.95 Å². The maximum Gasteiger partial charge on any atom is 0.225 e. The van der Waals surface area contributed by atoms with Crippen molar-refractivity contribution in [3.05, 3.63) is 17.5 Å². The van der Waals surface area contributed by atoms with Crippen molar-refractivity contribution in [3.63, 3.8) is 0 Å². The smallest absolute Gasteiger partial charge is 0.225 e. The van der Waals surface area contributed by atoms with Gasteiger partial charge < -0.3 is 14.7 Å². The van der Waals surface area contributed by atoms with E-state index in [4.69, 9.17) is 9.84 Å². The molecule has 5 heteroatoms. The molecule has 2 heterocycles. The second-order valence-electron chi connectivity index (χ2n) is 4.97. The normalized spacial score (nSPS) is 19.4. The third-order valence-corrected chi connectivity index (χ3v) is 2.95. The Balaban J connectivity index is 2.19. The van der Waals surface area contributed by atoms with Gasteiger partial charge in [0.05, 0.1) is 18.8 Å². The fourth-order valence-corrected chi connectivity index (χ4v) is 1.97. The standard InChI is InChI=1S/C12H19N3O2/c1-9-10(7-16)6-13-11(14-9)15-4-5-17-12(2,3)8-15/h6,16H,4-5,7-8H2,1-3H3. The Bertz CT molecular complexity index is 407. The average molecular weight is 237 g/mol. The number of hydrogen-bond donors (Lipinski definition) is 1. The summed E-state index contributed by atoms with van der Waals surface area (Å²) in [6, 6.07) is 0. The second-order valence-corrected chi connectivity index (χ2v) is 4.97. The van der Waals surface area contributed by atoms with Crippen molar-refractivity contribution in [3.8, 4) is 0 Å². The summed E-state index contributed by atoms with van der Waals surface area (Å²) in [7, 11) is 0.